The second-order valence-corrected chi connectivity index (χ2v) is 14.2. The molecule has 2 aliphatic rings. The Kier molecular flexibility index (Phi) is 6.27. The van der Waals surface area contributed by atoms with Crippen molar-refractivity contribution in [1.82, 2.24) is 0 Å². The molecule has 0 bridgehead atoms. The van der Waals surface area contributed by atoms with Crippen molar-refractivity contribution in [3.63, 3.8) is 0 Å². The molecule has 1 fully saturated rings. The van der Waals surface area contributed by atoms with Gasteiger partial charge in [-0.25, -0.2) is 4.79 Å². The molecule has 1 aliphatic carbocycles. The smallest absolute Gasteiger partial charge is 0.334 e. The number of esters is 1. The number of Topliss-reactive ketones (excluding diaryl/α,β-unsaturated/α-hetero) is 2. The second-order valence-electron chi connectivity index (χ2n) is 9.75. The van der Waals surface area contributed by atoms with Gasteiger partial charge in [0, 0.05) is 17.7 Å². The number of rotatable bonds is 7. The van der Waals surface area contributed by atoms with E-state index in [4.69, 9.17) is 9.16 Å². The number of ether oxygens (including phenoxy) is 1. The zero-order valence-corrected chi connectivity index (χ0v) is 21.4. The van der Waals surface area contributed by atoms with Gasteiger partial charge < -0.3 is 9.16 Å². The van der Waals surface area contributed by atoms with Crippen LogP contribution in [0.15, 0.2) is 72.5 Å². The van der Waals surface area contributed by atoms with Gasteiger partial charge in [-0.3, -0.25) is 19.3 Å². The Morgan fingerprint density at radius 3 is 2.14 bits per heavy atom. The van der Waals surface area contributed by atoms with Crippen molar-refractivity contribution < 1.29 is 28.3 Å². The number of benzene rings is 2. The normalized spacial score (nSPS) is 24.0. The molecule has 2 aromatic carbocycles. The van der Waals surface area contributed by atoms with Crippen LogP contribution < -0.4 is 4.90 Å². The Bertz CT molecular complexity index is 1200. The molecule has 182 valence electrons. The predicted molar refractivity (Wildman–Crippen MR) is 133 cm³/mol. The maximum atomic E-state index is 14.2. The zero-order chi connectivity index (χ0) is 25.4. The van der Waals surface area contributed by atoms with Gasteiger partial charge in [0.15, 0.2) is 11.3 Å². The number of ketones is 2. The van der Waals surface area contributed by atoms with Crippen LogP contribution >= 0.6 is 0 Å². The van der Waals surface area contributed by atoms with Crippen molar-refractivity contribution in [1.29, 1.82) is 0 Å². The molecule has 0 spiro atoms. The lowest BCUT2D eigenvalue weighted by atomic mass is 9.59. The van der Waals surface area contributed by atoms with Crippen LogP contribution in [-0.4, -0.2) is 43.9 Å². The van der Waals surface area contributed by atoms with E-state index < -0.39 is 42.7 Å². The molecule has 2 aromatic rings. The van der Waals surface area contributed by atoms with Crippen LogP contribution in [0.2, 0.25) is 19.6 Å². The highest BCUT2D eigenvalue weighted by Crippen LogP contribution is 2.56. The molecule has 2 atom stereocenters. The third-order valence-electron chi connectivity index (χ3n) is 6.43. The van der Waals surface area contributed by atoms with Crippen molar-refractivity contribution in [3.05, 3.63) is 78.1 Å². The molecule has 0 saturated carbocycles. The van der Waals surface area contributed by atoms with Crippen LogP contribution in [0, 0.1) is 5.41 Å². The molecule has 4 rings (SSSR count). The monoisotopic (exact) mass is 491 g/mol. The van der Waals surface area contributed by atoms with Gasteiger partial charge in [-0.1, -0.05) is 48.5 Å². The van der Waals surface area contributed by atoms with Crippen LogP contribution in [0.25, 0.3) is 0 Å². The lowest BCUT2D eigenvalue weighted by Gasteiger charge is -2.47. The number of para-hydroxylation sites is 1. The minimum absolute atomic E-state index is 0.0229. The summed E-state index contributed by atoms with van der Waals surface area (Å²) in [6.45, 7) is 7.68. The number of nitrogens with zero attached hydrogens (tertiary/aromatic N) is 1. The summed E-state index contributed by atoms with van der Waals surface area (Å²) in [6, 6.07) is 16.8. The van der Waals surface area contributed by atoms with Gasteiger partial charge in [-0.05, 0) is 51.2 Å². The van der Waals surface area contributed by atoms with Gasteiger partial charge in [0.2, 0.25) is 14.1 Å². The number of carbonyl (C=O) groups is 4. The number of fused-ring (bicyclic) bond motifs is 1. The fraction of sp³-hybridized carbons (Fsp3) is 0.333. The largest absolute Gasteiger partial charge is 0.547 e. The molecule has 7 nitrogen and oxygen atoms in total. The highest BCUT2D eigenvalue weighted by atomic mass is 28.4. The quantitative estimate of drug-likeness (QED) is 0.189. The summed E-state index contributed by atoms with van der Waals surface area (Å²) in [7, 11) is -2.12. The van der Waals surface area contributed by atoms with E-state index >= 15 is 0 Å². The molecule has 0 N–H and O–H groups in total. The minimum atomic E-state index is -2.12. The summed E-state index contributed by atoms with van der Waals surface area (Å²) in [6.07, 6.45) is 1.41. The molecule has 1 saturated heterocycles. The van der Waals surface area contributed by atoms with Gasteiger partial charge >= 0.3 is 5.97 Å². The average Bonchev–Trinajstić information content (AvgIpc) is 3.03. The Hall–Kier alpha value is -3.52. The first-order valence-electron chi connectivity index (χ1n) is 11.7. The SMILES string of the molecule is CCOC(=O)[C@@]12CC(O[Si](C)(C)C)=CC[C@]1(C(=O)c1ccccc1)C(=O)C(=O)N2c1ccccc1. The Morgan fingerprint density at radius 2 is 1.57 bits per heavy atom. The first-order valence-corrected chi connectivity index (χ1v) is 15.1. The summed E-state index contributed by atoms with van der Waals surface area (Å²) < 4.78 is 11.8. The van der Waals surface area contributed by atoms with E-state index in [2.05, 4.69) is 0 Å². The lowest BCUT2D eigenvalue weighted by Crippen LogP contribution is -2.66. The topological polar surface area (TPSA) is 90.0 Å². The highest BCUT2D eigenvalue weighted by Gasteiger charge is 2.77. The summed E-state index contributed by atoms with van der Waals surface area (Å²) in [5.41, 5.74) is -3.31. The van der Waals surface area contributed by atoms with E-state index in [-0.39, 0.29) is 25.0 Å². The molecule has 8 heteroatoms. The van der Waals surface area contributed by atoms with Gasteiger partial charge in [0.05, 0.1) is 12.4 Å². The summed E-state index contributed by atoms with van der Waals surface area (Å²) in [4.78, 5) is 56.8. The molecule has 1 aliphatic heterocycles. The van der Waals surface area contributed by atoms with Crippen LogP contribution in [0.4, 0.5) is 5.69 Å². The minimum Gasteiger partial charge on any atom is -0.547 e. The van der Waals surface area contributed by atoms with E-state index in [1.54, 1.807) is 73.7 Å². The maximum Gasteiger partial charge on any atom is 0.334 e. The van der Waals surface area contributed by atoms with Crippen molar-refractivity contribution in [2.45, 2.75) is 44.9 Å². The van der Waals surface area contributed by atoms with Crippen LogP contribution in [-0.2, 0) is 23.5 Å². The molecular formula is C27H29NO6Si. The van der Waals surface area contributed by atoms with Crippen LogP contribution in [0.5, 0.6) is 0 Å². The van der Waals surface area contributed by atoms with Crippen molar-refractivity contribution >= 4 is 37.4 Å². The molecule has 0 radical (unpaired) electrons. The molecular weight excluding hydrogens is 462 g/mol. The number of hydrogen-bond donors (Lipinski definition) is 0. The standard InChI is InChI=1S/C27H29NO6Si/c1-5-33-25(32)27-18-21(34-35(2,3)4)16-17-26(27,22(29)19-12-8-6-9-13-19)23(30)24(31)28(27)20-14-10-7-11-15-20/h6-16H,5,17-18H2,1-4H3/t26-,27-/m0/s1. The van der Waals surface area contributed by atoms with E-state index in [1.165, 1.54) is 4.90 Å². The zero-order valence-electron chi connectivity index (χ0n) is 20.4. The van der Waals surface area contributed by atoms with Gasteiger partial charge in [0.25, 0.3) is 5.91 Å². The maximum absolute atomic E-state index is 14.2. The number of anilines is 1. The van der Waals surface area contributed by atoms with Crippen molar-refractivity contribution in [2.75, 3.05) is 11.5 Å². The van der Waals surface area contributed by atoms with Crippen LogP contribution in [0.3, 0.4) is 0 Å². The predicted octanol–water partition coefficient (Wildman–Crippen LogP) is 4.30. The van der Waals surface area contributed by atoms with Crippen molar-refractivity contribution in [2.24, 2.45) is 5.41 Å². The van der Waals surface area contributed by atoms with E-state index in [0.717, 1.165) is 0 Å². The van der Waals surface area contributed by atoms with Crippen molar-refractivity contribution in [3.8, 4) is 0 Å². The number of carbonyl (C=O) groups excluding carboxylic acids is 4. The van der Waals surface area contributed by atoms with Gasteiger partial charge in [0.1, 0.15) is 5.41 Å². The number of hydrogen-bond acceptors (Lipinski definition) is 6. The molecule has 35 heavy (non-hydrogen) atoms. The summed E-state index contributed by atoms with van der Waals surface area (Å²) in [5, 5.41) is 0. The van der Waals surface area contributed by atoms with E-state index in [9.17, 15) is 19.2 Å². The van der Waals surface area contributed by atoms with Gasteiger partial charge in [-0.2, -0.15) is 0 Å². The average molecular weight is 492 g/mol. The first-order chi connectivity index (χ1) is 16.6. The lowest BCUT2D eigenvalue weighted by molar-refractivity contribution is -0.155. The summed E-state index contributed by atoms with van der Waals surface area (Å²) in [5.74, 6) is -2.71. The van der Waals surface area contributed by atoms with Gasteiger partial charge in [-0.15, -0.1) is 0 Å². The van der Waals surface area contributed by atoms with Crippen LogP contribution in [0.1, 0.15) is 30.1 Å². The number of amides is 1. The third kappa shape index (κ3) is 3.82. The fourth-order valence-corrected chi connectivity index (χ4v) is 6.05. The molecule has 1 amide bonds. The van der Waals surface area contributed by atoms with E-state index in [0.29, 0.717) is 11.4 Å². The molecule has 1 heterocycles. The molecule has 0 unspecified atom stereocenters. The second kappa shape index (κ2) is 8.92. The van der Waals surface area contributed by atoms with E-state index in [1.807, 2.05) is 19.6 Å². The third-order valence-corrected chi connectivity index (χ3v) is 7.30. The Morgan fingerprint density at radius 1 is 0.971 bits per heavy atom. The highest BCUT2D eigenvalue weighted by molar-refractivity contribution is 6.70. The molecule has 0 aromatic heterocycles. The Labute approximate surface area is 205 Å². The first kappa shape index (κ1) is 24.6. The Balaban J connectivity index is 2.03. The summed E-state index contributed by atoms with van der Waals surface area (Å²) >= 11 is 0. The fourth-order valence-electron chi connectivity index (χ4n) is 5.11. The number of allylic oxidation sites excluding steroid dienone is 1.